The van der Waals surface area contributed by atoms with Crippen LogP contribution in [0.1, 0.15) is 22.5 Å². The summed E-state index contributed by atoms with van der Waals surface area (Å²) in [6.07, 6.45) is 1.44. The molecule has 0 atom stereocenters. The lowest BCUT2D eigenvalue weighted by Crippen LogP contribution is -2.27. The number of nitro groups is 1. The number of furan rings is 1. The van der Waals surface area contributed by atoms with Gasteiger partial charge in [0.25, 0.3) is 16.8 Å². The van der Waals surface area contributed by atoms with Crippen LogP contribution in [0, 0.1) is 29.8 Å². The number of imide groups is 1. The van der Waals surface area contributed by atoms with E-state index in [2.05, 4.69) is 0 Å². The molecule has 0 aliphatic carbocycles. The summed E-state index contributed by atoms with van der Waals surface area (Å²) in [6, 6.07) is 10.2. The molecule has 168 valence electrons. The van der Waals surface area contributed by atoms with Crippen molar-refractivity contribution in [1.29, 1.82) is 0 Å². The summed E-state index contributed by atoms with van der Waals surface area (Å²) in [7, 11) is 0. The van der Waals surface area contributed by atoms with Crippen molar-refractivity contribution in [2.75, 3.05) is 0 Å². The summed E-state index contributed by atoms with van der Waals surface area (Å²) in [5.74, 6) is -0.327. The van der Waals surface area contributed by atoms with Crippen molar-refractivity contribution < 1.29 is 23.3 Å². The monoisotopic (exact) mass is 486 g/mol. The summed E-state index contributed by atoms with van der Waals surface area (Å²) in [5.41, 5.74) is 2.29. The number of hydrogen-bond acceptors (Lipinski definition) is 6. The van der Waals surface area contributed by atoms with Gasteiger partial charge in [0.1, 0.15) is 17.3 Å². The lowest BCUT2D eigenvalue weighted by molar-refractivity contribution is -0.385. The molecule has 1 aliphatic heterocycles. The van der Waals surface area contributed by atoms with Gasteiger partial charge in [-0.2, -0.15) is 0 Å². The van der Waals surface area contributed by atoms with E-state index in [0.717, 1.165) is 28.3 Å². The molecular weight excluding hydrogens is 471 g/mol. The number of aryl methyl sites for hydroxylation is 1. The predicted molar refractivity (Wildman–Crippen MR) is 123 cm³/mol. The zero-order valence-electron chi connectivity index (χ0n) is 17.4. The third-order valence-electron chi connectivity index (χ3n) is 5.24. The van der Waals surface area contributed by atoms with Gasteiger partial charge in [-0.3, -0.25) is 24.6 Å². The number of hydrogen-bond donors (Lipinski definition) is 0. The fourth-order valence-corrected chi connectivity index (χ4v) is 4.39. The van der Waals surface area contributed by atoms with E-state index in [9.17, 15) is 24.1 Å². The summed E-state index contributed by atoms with van der Waals surface area (Å²) < 4.78 is 19.0. The topological polar surface area (TPSA) is 93.7 Å². The lowest BCUT2D eigenvalue weighted by atomic mass is 10.0. The van der Waals surface area contributed by atoms with Gasteiger partial charge in [-0.25, -0.2) is 4.39 Å². The van der Waals surface area contributed by atoms with Crippen molar-refractivity contribution in [1.82, 2.24) is 4.90 Å². The lowest BCUT2D eigenvalue weighted by Gasteiger charge is -2.13. The van der Waals surface area contributed by atoms with E-state index in [0.29, 0.717) is 28.2 Å². The number of nitro benzene ring substituents is 1. The number of carbonyl (C=O) groups is 2. The zero-order chi connectivity index (χ0) is 23.9. The number of halogens is 2. The highest BCUT2D eigenvalue weighted by molar-refractivity contribution is 8.18. The largest absolute Gasteiger partial charge is 0.457 e. The molecule has 1 fully saturated rings. The van der Waals surface area contributed by atoms with E-state index >= 15 is 0 Å². The SMILES string of the molecule is Cc1cc(-c2ccc(/C=C3/SC(=O)N(Cc4ccc(F)cc4Cl)C3=O)o2)cc([N+](=O)[O-])c1C. The molecule has 7 nitrogen and oxygen atoms in total. The van der Waals surface area contributed by atoms with Crippen molar-refractivity contribution >= 4 is 46.3 Å². The molecule has 2 aromatic carbocycles. The second-order valence-electron chi connectivity index (χ2n) is 7.40. The van der Waals surface area contributed by atoms with Gasteiger partial charge < -0.3 is 4.42 Å². The van der Waals surface area contributed by atoms with Crippen molar-refractivity contribution in [3.05, 3.63) is 90.8 Å². The molecule has 2 amide bonds. The second-order valence-corrected chi connectivity index (χ2v) is 8.80. The molecule has 1 saturated heterocycles. The maximum absolute atomic E-state index is 13.3. The maximum atomic E-state index is 13.3. The van der Waals surface area contributed by atoms with Crippen LogP contribution in [0.2, 0.25) is 5.02 Å². The van der Waals surface area contributed by atoms with Gasteiger partial charge in [0.15, 0.2) is 0 Å². The fraction of sp³-hybridized carbons (Fsp3) is 0.130. The minimum Gasteiger partial charge on any atom is -0.457 e. The van der Waals surface area contributed by atoms with Gasteiger partial charge in [-0.1, -0.05) is 17.7 Å². The van der Waals surface area contributed by atoms with Gasteiger partial charge in [0.2, 0.25) is 0 Å². The Bertz CT molecular complexity index is 1350. The summed E-state index contributed by atoms with van der Waals surface area (Å²) in [4.78, 5) is 37.2. The summed E-state index contributed by atoms with van der Waals surface area (Å²) in [5, 5.41) is 11.0. The van der Waals surface area contributed by atoms with E-state index in [1.807, 2.05) is 0 Å². The fourth-order valence-electron chi connectivity index (χ4n) is 3.34. The van der Waals surface area contributed by atoms with Gasteiger partial charge >= 0.3 is 0 Å². The Hall–Kier alpha value is -3.43. The molecule has 0 unspecified atom stereocenters. The summed E-state index contributed by atoms with van der Waals surface area (Å²) in [6.45, 7) is 3.37. The molecule has 2 heterocycles. The molecule has 1 aliphatic rings. The Balaban J connectivity index is 1.58. The average molecular weight is 487 g/mol. The number of rotatable bonds is 5. The Morgan fingerprint density at radius 2 is 1.94 bits per heavy atom. The number of amides is 2. The molecule has 0 saturated carbocycles. The average Bonchev–Trinajstić information content (AvgIpc) is 3.31. The molecule has 0 radical (unpaired) electrons. The van der Waals surface area contributed by atoms with Crippen LogP contribution in [0.3, 0.4) is 0 Å². The minimum atomic E-state index is -0.523. The van der Waals surface area contributed by atoms with Crippen molar-refractivity contribution in [3.63, 3.8) is 0 Å². The van der Waals surface area contributed by atoms with Gasteiger partial charge in [0.05, 0.1) is 16.4 Å². The van der Waals surface area contributed by atoms with E-state index in [4.69, 9.17) is 16.0 Å². The van der Waals surface area contributed by atoms with Crippen molar-refractivity contribution in [2.24, 2.45) is 0 Å². The molecule has 0 N–H and O–H groups in total. The Kier molecular flexibility index (Phi) is 6.09. The Morgan fingerprint density at radius 3 is 2.64 bits per heavy atom. The first-order chi connectivity index (χ1) is 15.6. The van der Waals surface area contributed by atoms with Crippen LogP contribution in [-0.2, 0) is 11.3 Å². The first-order valence-corrected chi connectivity index (χ1v) is 10.9. The predicted octanol–water partition coefficient (Wildman–Crippen LogP) is 6.50. The highest BCUT2D eigenvalue weighted by Crippen LogP contribution is 2.36. The van der Waals surface area contributed by atoms with Gasteiger partial charge in [-0.05, 0) is 67.1 Å². The van der Waals surface area contributed by atoms with E-state index < -0.39 is 21.9 Å². The maximum Gasteiger partial charge on any atom is 0.293 e. The van der Waals surface area contributed by atoms with Gasteiger partial charge in [0, 0.05) is 28.3 Å². The zero-order valence-corrected chi connectivity index (χ0v) is 19.0. The van der Waals surface area contributed by atoms with Crippen LogP contribution < -0.4 is 0 Å². The standard InChI is InChI=1S/C23H16ClFN2O5S/c1-12-7-15(8-19(13(12)2)27(30)31)20-6-5-17(32-20)10-21-22(28)26(23(29)33-21)11-14-3-4-16(25)9-18(14)24/h3-10H,11H2,1-2H3/b21-10+. The molecule has 0 spiro atoms. The first-order valence-electron chi connectivity index (χ1n) is 9.69. The molecule has 33 heavy (non-hydrogen) atoms. The van der Waals surface area contributed by atoms with Crippen LogP contribution in [0.5, 0.6) is 0 Å². The van der Waals surface area contributed by atoms with Crippen LogP contribution in [-0.4, -0.2) is 21.0 Å². The summed E-state index contributed by atoms with van der Waals surface area (Å²) >= 11 is 6.77. The quantitative estimate of drug-likeness (QED) is 0.232. The third kappa shape index (κ3) is 4.55. The molecule has 4 rings (SSSR count). The van der Waals surface area contributed by atoms with Crippen molar-refractivity contribution in [2.45, 2.75) is 20.4 Å². The van der Waals surface area contributed by atoms with Gasteiger partial charge in [-0.15, -0.1) is 0 Å². The second kappa shape index (κ2) is 8.84. The first kappa shape index (κ1) is 22.8. The van der Waals surface area contributed by atoms with E-state index in [-0.39, 0.29) is 22.2 Å². The van der Waals surface area contributed by atoms with Crippen molar-refractivity contribution in [3.8, 4) is 11.3 Å². The Labute approximate surface area is 197 Å². The molecule has 0 bridgehead atoms. The van der Waals surface area contributed by atoms with Crippen LogP contribution in [0.15, 0.2) is 51.8 Å². The highest BCUT2D eigenvalue weighted by atomic mass is 35.5. The highest BCUT2D eigenvalue weighted by Gasteiger charge is 2.35. The molecule has 1 aromatic heterocycles. The normalized spacial score (nSPS) is 15.0. The minimum absolute atomic E-state index is 0.0106. The van der Waals surface area contributed by atoms with E-state index in [1.54, 1.807) is 32.0 Å². The number of thioether (sulfide) groups is 1. The van der Waals surface area contributed by atoms with Crippen LogP contribution in [0.25, 0.3) is 17.4 Å². The number of benzene rings is 2. The Morgan fingerprint density at radius 1 is 1.18 bits per heavy atom. The number of nitrogens with zero attached hydrogens (tertiary/aromatic N) is 2. The molecule has 3 aromatic rings. The van der Waals surface area contributed by atoms with Crippen LogP contribution in [0.4, 0.5) is 14.9 Å². The third-order valence-corrected chi connectivity index (χ3v) is 6.50. The smallest absolute Gasteiger partial charge is 0.293 e. The molecular formula is C23H16ClFN2O5S. The molecule has 10 heteroatoms. The number of carbonyl (C=O) groups excluding carboxylic acids is 2. The van der Waals surface area contributed by atoms with Crippen LogP contribution >= 0.6 is 23.4 Å². The van der Waals surface area contributed by atoms with E-state index in [1.165, 1.54) is 24.3 Å².